The number of aromatic nitrogens is 4. The van der Waals surface area contributed by atoms with Crippen LogP contribution in [0.3, 0.4) is 0 Å². The molecular formula is C15H21N5O5. The zero-order valence-electron chi connectivity index (χ0n) is 13.5. The SMILES string of the molecule is OC[C@H]1OC(n2cnc3c(N4CCC(O)CC4)ncnc32)[C@H](O)[C@@H]1O. The molecule has 1 unspecified atom stereocenters. The predicted molar refractivity (Wildman–Crippen MR) is 85.8 cm³/mol. The number of imidazole rings is 1. The van der Waals surface area contributed by atoms with Crippen LogP contribution in [0.1, 0.15) is 19.1 Å². The smallest absolute Gasteiger partial charge is 0.167 e. The third-order valence-electron chi connectivity index (χ3n) is 4.89. The van der Waals surface area contributed by atoms with Gasteiger partial charge in [-0.2, -0.15) is 0 Å². The lowest BCUT2D eigenvalue weighted by molar-refractivity contribution is -0.0511. The van der Waals surface area contributed by atoms with E-state index >= 15 is 0 Å². The summed E-state index contributed by atoms with van der Waals surface area (Å²) < 4.78 is 7.10. The minimum absolute atomic E-state index is 0.287. The number of aliphatic hydroxyl groups is 4. The van der Waals surface area contributed by atoms with Gasteiger partial charge in [0.25, 0.3) is 0 Å². The van der Waals surface area contributed by atoms with Crippen LogP contribution in [0.4, 0.5) is 5.82 Å². The largest absolute Gasteiger partial charge is 0.394 e. The zero-order chi connectivity index (χ0) is 17.6. The fraction of sp³-hybridized carbons (Fsp3) is 0.667. The number of aliphatic hydroxyl groups excluding tert-OH is 4. The van der Waals surface area contributed by atoms with Crippen molar-refractivity contribution in [3.63, 3.8) is 0 Å². The molecule has 136 valence electrons. The molecule has 4 rings (SSSR count). The Morgan fingerprint density at radius 2 is 1.84 bits per heavy atom. The Hall–Kier alpha value is -1.85. The number of piperidine rings is 1. The van der Waals surface area contributed by atoms with Crippen molar-refractivity contribution in [3.05, 3.63) is 12.7 Å². The van der Waals surface area contributed by atoms with E-state index in [0.717, 1.165) is 0 Å². The first-order valence-corrected chi connectivity index (χ1v) is 8.33. The molecule has 0 aliphatic carbocycles. The molecular weight excluding hydrogens is 330 g/mol. The van der Waals surface area contributed by atoms with Crippen molar-refractivity contribution in [2.75, 3.05) is 24.6 Å². The molecule has 0 radical (unpaired) electrons. The minimum Gasteiger partial charge on any atom is -0.394 e. The average molecular weight is 351 g/mol. The van der Waals surface area contributed by atoms with Crippen molar-refractivity contribution in [1.82, 2.24) is 19.5 Å². The standard InChI is InChI=1S/C15H21N5O5/c21-5-9-11(23)12(24)15(25-9)20-7-18-10-13(16-6-17-14(10)20)19-3-1-8(22)2-4-19/h6-9,11-12,15,21-24H,1-5H2/t9-,11-,12-,15?/m1/s1. The Kier molecular flexibility index (Phi) is 4.29. The van der Waals surface area contributed by atoms with Crippen molar-refractivity contribution >= 4 is 17.0 Å². The summed E-state index contributed by atoms with van der Waals surface area (Å²) in [5.74, 6) is 0.669. The van der Waals surface area contributed by atoms with Crippen molar-refractivity contribution in [2.24, 2.45) is 0 Å². The number of anilines is 1. The first-order chi connectivity index (χ1) is 12.1. The molecule has 0 aromatic carbocycles. The number of hydrogen-bond donors (Lipinski definition) is 4. The lowest BCUT2D eigenvalue weighted by Crippen LogP contribution is -2.36. The quantitative estimate of drug-likeness (QED) is 0.515. The maximum atomic E-state index is 10.2. The van der Waals surface area contributed by atoms with Crippen LogP contribution in [0, 0.1) is 0 Å². The van der Waals surface area contributed by atoms with Crippen molar-refractivity contribution in [2.45, 2.75) is 43.5 Å². The third kappa shape index (κ3) is 2.75. The normalized spacial score (nSPS) is 31.1. The molecule has 4 heterocycles. The minimum atomic E-state index is -1.20. The van der Waals surface area contributed by atoms with Gasteiger partial charge in [-0.1, -0.05) is 0 Å². The average Bonchev–Trinajstić information content (AvgIpc) is 3.17. The number of hydrogen-bond acceptors (Lipinski definition) is 9. The van der Waals surface area contributed by atoms with Gasteiger partial charge in [-0.25, -0.2) is 15.0 Å². The van der Waals surface area contributed by atoms with Crippen LogP contribution < -0.4 is 4.90 Å². The van der Waals surface area contributed by atoms with Crippen LogP contribution in [-0.2, 0) is 4.74 Å². The lowest BCUT2D eigenvalue weighted by atomic mass is 10.1. The summed E-state index contributed by atoms with van der Waals surface area (Å²) in [4.78, 5) is 15.0. The van der Waals surface area contributed by atoms with Gasteiger partial charge in [0.1, 0.15) is 24.6 Å². The van der Waals surface area contributed by atoms with Gasteiger partial charge < -0.3 is 30.1 Å². The summed E-state index contributed by atoms with van der Waals surface area (Å²) in [5, 5.41) is 39.1. The third-order valence-corrected chi connectivity index (χ3v) is 4.89. The van der Waals surface area contributed by atoms with E-state index < -0.39 is 31.1 Å². The van der Waals surface area contributed by atoms with Crippen LogP contribution in [0.15, 0.2) is 12.7 Å². The summed E-state index contributed by atoms with van der Waals surface area (Å²) in [6.07, 6.45) is -0.169. The second-order valence-corrected chi connectivity index (χ2v) is 6.47. The highest BCUT2D eigenvalue weighted by molar-refractivity contribution is 5.83. The topological polar surface area (TPSA) is 137 Å². The fourth-order valence-electron chi connectivity index (χ4n) is 3.44. The van der Waals surface area contributed by atoms with Gasteiger partial charge in [-0.3, -0.25) is 4.57 Å². The van der Waals surface area contributed by atoms with Gasteiger partial charge in [-0.05, 0) is 12.8 Å². The summed E-state index contributed by atoms with van der Waals surface area (Å²) in [6, 6.07) is 0. The number of nitrogens with zero attached hydrogens (tertiary/aromatic N) is 5. The first kappa shape index (κ1) is 16.6. The second kappa shape index (κ2) is 6.46. The van der Waals surface area contributed by atoms with Crippen molar-refractivity contribution < 1.29 is 25.2 Å². The molecule has 10 nitrogen and oxygen atoms in total. The van der Waals surface area contributed by atoms with Gasteiger partial charge in [0.15, 0.2) is 23.2 Å². The summed E-state index contributed by atoms with van der Waals surface area (Å²) in [7, 11) is 0. The van der Waals surface area contributed by atoms with Crippen molar-refractivity contribution in [3.8, 4) is 0 Å². The molecule has 0 saturated carbocycles. The van der Waals surface area contributed by atoms with Crippen LogP contribution >= 0.6 is 0 Å². The highest BCUT2D eigenvalue weighted by atomic mass is 16.6. The van der Waals surface area contributed by atoms with Gasteiger partial charge in [0.2, 0.25) is 0 Å². The second-order valence-electron chi connectivity index (χ2n) is 6.47. The van der Waals surface area contributed by atoms with Crippen molar-refractivity contribution in [1.29, 1.82) is 0 Å². The van der Waals surface area contributed by atoms with E-state index in [1.165, 1.54) is 12.7 Å². The van der Waals surface area contributed by atoms with Crippen LogP contribution in [0.25, 0.3) is 11.2 Å². The molecule has 2 fully saturated rings. The Labute approximate surface area is 143 Å². The summed E-state index contributed by atoms with van der Waals surface area (Å²) in [6.45, 7) is 0.958. The monoisotopic (exact) mass is 351 g/mol. The molecule has 25 heavy (non-hydrogen) atoms. The Morgan fingerprint density at radius 1 is 1.08 bits per heavy atom. The van der Waals surface area contributed by atoms with Crippen LogP contribution in [0.2, 0.25) is 0 Å². The van der Waals surface area contributed by atoms with E-state index in [0.29, 0.717) is 42.9 Å². The van der Waals surface area contributed by atoms with E-state index in [1.54, 1.807) is 4.57 Å². The van der Waals surface area contributed by atoms with E-state index in [2.05, 4.69) is 15.0 Å². The maximum Gasteiger partial charge on any atom is 0.167 e. The molecule has 10 heteroatoms. The highest BCUT2D eigenvalue weighted by Crippen LogP contribution is 2.33. The molecule has 2 saturated heterocycles. The summed E-state index contributed by atoms with van der Waals surface area (Å²) >= 11 is 0. The fourth-order valence-corrected chi connectivity index (χ4v) is 3.44. The molecule has 4 N–H and O–H groups in total. The highest BCUT2D eigenvalue weighted by Gasteiger charge is 2.44. The molecule has 2 aromatic heterocycles. The van der Waals surface area contributed by atoms with E-state index in [1.807, 2.05) is 4.90 Å². The molecule has 0 spiro atoms. The number of rotatable bonds is 3. The molecule has 0 amide bonds. The number of ether oxygens (including phenoxy) is 1. The first-order valence-electron chi connectivity index (χ1n) is 8.33. The van der Waals surface area contributed by atoms with E-state index in [-0.39, 0.29) is 6.10 Å². The summed E-state index contributed by atoms with van der Waals surface area (Å²) in [5.41, 5.74) is 1.04. The molecule has 4 atom stereocenters. The van der Waals surface area contributed by atoms with Crippen LogP contribution in [-0.4, -0.2) is 84.1 Å². The van der Waals surface area contributed by atoms with Gasteiger partial charge in [-0.15, -0.1) is 0 Å². The van der Waals surface area contributed by atoms with E-state index in [9.17, 15) is 20.4 Å². The van der Waals surface area contributed by atoms with Gasteiger partial charge in [0, 0.05) is 13.1 Å². The predicted octanol–water partition coefficient (Wildman–Crippen LogP) is -1.60. The molecule has 2 aromatic rings. The molecule has 2 aliphatic heterocycles. The maximum absolute atomic E-state index is 10.2. The van der Waals surface area contributed by atoms with E-state index in [4.69, 9.17) is 4.74 Å². The Bertz CT molecular complexity index is 747. The van der Waals surface area contributed by atoms with Gasteiger partial charge in [0.05, 0.1) is 19.0 Å². The zero-order valence-corrected chi connectivity index (χ0v) is 13.5. The Morgan fingerprint density at radius 3 is 2.52 bits per heavy atom. The lowest BCUT2D eigenvalue weighted by Gasteiger charge is -2.30. The molecule has 0 bridgehead atoms. The van der Waals surface area contributed by atoms with Gasteiger partial charge >= 0.3 is 0 Å². The molecule has 2 aliphatic rings. The number of fused-ring (bicyclic) bond motifs is 1. The Balaban J connectivity index is 1.68. The van der Waals surface area contributed by atoms with Crippen LogP contribution in [0.5, 0.6) is 0 Å².